The highest BCUT2D eigenvalue weighted by Gasteiger charge is 2.49. The van der Waals surface area contributed by atoms with Gasteiger partial charge in [-0.1, -0.05) is 66.7 Å². The van der Waals surface area contributed by atoms with E-state index in [9.17, 15) is 15.0 Å². The number of benzene rings is 2. The van der Waals surface area contributed by atoms with E-state index in [1.165, 1.54) is 6.92 Å². The maximum absolute atomic E-state index is 11.9. The first-order valence-corrected chi connectivity index (χ1v) is 11.3. The standard InChI is InChI=1S/C26H33NO7/c1-3-14-31-17-21(29)23-25(33-16-20-12-8-5-9-13-20)24(22(26(30)34-23)27-18(2)28)32-15-19-10-6-4-7-11-19/h3-13,21-26,29-30H,1,14-17H2,2H3,(H,27,28)/t21-,22-,23-,24-,25-,26+/m1/s1. The summed E-state index contributed by atoms with van der Waals surface area (Å²) in [5.41, 5.74) is 1.83. The average Bonchev–Trinajstić information content (AvgIpc) is 2.84. The molecule has 8 nitrogen and oxygen atoms in total. The molecule has 3 N–H and O–H groups in total. The van der Waals surface area contributed by atoms with Crippen LogP contribution in [0.1, 0.15) is 18.1 Å². The first kappa shape index (κ1) is 26.0. The molecule has 184 valence electrons. The molecule has 6 atom stereocenters. The van der Waals surface area contributed by atoms with Crippen LogP contribution in [0.5, 0.6) is 0 Å². The van der Waals surface area contributed by atoms with Crippen LogP contribution in [0.2, 0.25) is 0 Å². The Labute approximate surface area is 200 Å². The van der Waals surface area contributed by atoms with Gasteiger partial charge in [0, 0.05) is 6.92 Å². The smallest absolute Gasteiger partial charge is 0.217 e. The number of carbonyl (C=O) groups excluding carboxylic acids is 1. The van der Waals surface area contributed by atoms with Crippen molar-refractivity contribution in [1.82, 2.24) is 5.32 Å². The molecule has 0 aliphatic carbocycles. The minimum atomic E-state index is -1.42. The van der Waals surface area contributed by atoms with Gasteiger partial charge in [-0.25, -0.2) is 0 Å². The highest BCUT2D eigenvalue weighted by atomic mass is 16.6. The van der Waals surface area contributed by atoms with Crippen molar-refractivity contribution in [2.24, 2.45) is 0 Å². The summed E-state index contributed by atoms with van der Waals surface area (Å²) in [6.07, 6.45) is -3.54. The maximum atomic E-state index is 11.9. The van der Waals surface area contributed by atoms with Gasteiger partial charge in [0.1, 0.15) is 30.5 Å². The molecule has 8 heteroatoms. The number of ether oxygens (including phenoxy) is 4. The lowest BCUT2D eigenvalue weighted by molar-refractivity contribution is -0.288. The van der Waals surface area contributed by atoms with Crippen molar-refractivity contribution in [3.05, 3.63) is 84.4 Å². The summed E-state index contributed by atoms with van der Waals surface area (Å²) in [5, 5.41) is 24.3. The number of hydrogen-bond donors (Lipinski definition) is 3. The van der Waals surface area contributed by atoms with Gasteiger partial charge >= 0.3 is 0 Å². The van der Waals surface area contributed by atoms with Gasteiger partial charge in [-0.05, 0) is 11.1 Å². The van der Waals surface area contributed by atoms with Gasteiger partial charge in [0.15, 0.2) is 6.29 Å². The van der Waals surface area contributed by atoms with E-state index in [1.807, 2.05) is 60.7 Å². The molecule has 0 aromatic heterocycles. The minimum absolute atomic E-state index is 0.0508. The summed E-state index contributed by atoms with van der Waals surface area (Å²) < 4.78 is 23.6. The van der Waals surface area contributed by atoms with E-state index in [0.717, 1.165) is 11.1 Å². The number of amides is 1. The quantitative estimate of drug-likeness (QED) is 0.321. The van der Waals surface area contributed by atoms with Crippen LogP contribution in [0.15, 0.2) is 73.3 Å². The van der Waals surface area contributed by atoms with Crippen LogP contribution in [0.25, 0.3) is 0 Å². The van der Waals surface area contributed by atoms with Gasteiger partial charge in [-0.2, -0.15) is 0 Å². The van der Waals surface area contributed by atoms with E-state index >= 15 is 0 Å². The molecule has 0 spiro atoms. The zero-order chi connectivity index (χ0) is 24.3. The zero-order valence-corrected chi connectivity index (χ0v) is 19.3. The summed E-state index contributed by atoms with van der Waals surface area (Å²) in [6, 6.07) is 18.2. The van der Waals surface area contributed by atoms with Crippen molar-refractivity contribution in [2.75, 3.05) is 13.2 Å². The minimum Gasteiger partial charge on any atom is -0.388 e. The molecular formula is C26H33NO7. The Morgan fingerprint density at radius 3 is 2.15 bits per heavy atom. The van der Waals surface area contributed by atoms with Crippen LogP contribution in [0.3, 0.4) is 0 Å². The molecule has 0 bridgehead atoms. The van der Waals surface area contributed by atoms with E-state index in [1.54, 1.807) is 6.08 Å². The summed E-state index contributed by atoms with van der Waals surface area (Å²) >= 11 is 0. The molecule has 2 aromatic rings. The largest absolute Gasteiger partial charge is 0.388 e. The summed E-state index contributed by atoms with van der Waals surface area (Å²) in [5.74, 6) is -0.351. The lowest BCUT2D eigenvalue weighted by Crippen LogP contribution is -2.67. The van der Waals surface area contributed by atoms with Gasteiger partial charge in [0.05, 0.1) is 26.4 Å². The molecule has 0 unspecified atom stereocenters. The third-order valence-electron chi connectivity index (χ3n) is 5.45. The SMILES string of the molecule is C=CCOC[C@@H](O)[C@H]1O[C@H](O)[C@H](NC(C)=O)[C@@H](OCc2ccccc2)[C@@H]1OCc1ccccc1. The second-order valence-corrected chi connectivity index (χ2v) is 8.13. The van der Waals surface area contributed by atoms with Crippen LogP contribution in [0, 0.1) is 0 Å². The normalized spacial score (nSPS) is 25.4. The fraction of sp³-hybridized carbons (Fsp3) is 0.423. The summed E-state index contributed by atoms with van der Waals surface area (Å²) in [7, 11) is 0. The van der Waals surface area contributed by atoms with E-state index < -0.39 is 36.7 Å². The Bertz CT molecular complexity index is 879. The molecule has 1 saturated heterocycles. The highest BCUT2D eigenvalue weighted by molar-refractivity contribution is 5.73. The number of aliphatic hydroxyl groups is 2. The van der Waals surface area contributed by atoms with Crippen molar-refractivity contribution in [3.63, 3.8) is 0 Å². The molecular weight excluding hydrogens is 438 g/mol. The number of aliphatic hydroxyl groups excluding tert-OH is 2. The van der Waals surface area contributed by atoms with Crippen molar-refractivity contribution < 1.29 is 34.0 Å². The van der Waals surface area contributed by atoms with Crippen LogP contribution in [-0.4, -0.2) is 66.1 Å². The van der Waals surface area contributed by atoms with Crippen LogP contribution < -0.4 is 5.32 Å². The third-order valence-corrected chi connectivity index (χ3v) is 5.45. The van der Waals surface area contributed by atoms with Gasteiger partial charge in [0.25, 0.3) is 0 Å². The first-order valence-electron chi connectivity index (χ1n) is 11.3. The number of rotatable bonds is 12. The number of nitrogens with one attached hydrogen (secondary N) is 1. The topological polar surface area (TPSA) is 106 Å². The molecule has 0 saturated carbocycles. The Hall–Kier alpha value is -2.59. The van der Waals surface area contributed by atoms with Gasteiger partial charge < -0.3 is 34.5 Å². The first-order chi connectivity index (χ1) is 16.5. The molecule has 1 aliphatic heterocycles. The predicted molar refractivity (Wildman–Crippen MR) is 126 cm³/mol. The van der Waals surface area contributed by atoms with E-state index in [2.05, 4.69) is 11.9 Å². The average molecular weight is 472 g/mol. The number of carbonyl (C=O) groups is 1. The van der Waals surface area contributed by atoms with E-state index in [0.29, 0.717) is 0 Å². The van der Waals surface area contributed by atoms with Crippen molar-refractivity contribution in [3.8, 4) is 0 Å². The molecule has 0 radical (unpaired) electrons. The van der Waals surface area contributed by atoms with Gasteiger partial charge in [0.2, 0.25) is 5.91 Å². The second-order valence-electron chi connectivity index (χ2n) is 8.13. The highest BCUT2D eigenvalue weighted by Crippen LogP contribution is 2.29. The lowest BCUT2D eigenvalue weighted by atomic mass is 9.93. The second kappa shape index (κ2) is 13.3. The summed E-state index contributed by atoms with van der Waals surface area (Å²) in [4.78, 5) is 11.9. The molecule has 1 amide bonds. The Balaban J connectivity index is 1.86. The molecule has 1 fully saturated rings. The van der Waals surface area contributed by atoms with Crippen LogP contribution in [0.4, 0.5) is 0 Å². The third kappa shape index (κ3) is 7.46. The Morgan fingerprint density at radius 1 is 1.06 bits per heavy atom. The number of hydrogen-bond acceptors (Lipinski definition) is 7. The summed E-state index contributed by atoms with van der Waals surface area (Å²) in [6.45, 7) is 5.60. The Morgan fingerprint density at radius 2 is 1.62 bits per heavy atom. The van der Waals surface area contributed by atoms with Gasteiger partial charge in [-0.15, -0.1) is 6.58 Å². The van der Waals surface area contributed by atoms with E-state index in [4.69, 9.17) is 18.9 Å². The molecule has 1 aliphatic rings. The Kier molecular flexibility index (Phi) is 10.2. The van der Waals surface area contributed by atoms with Crippen molar-refractivity contribution in [2.45, 2.75) is 56.9 Å². The van der Waals surface area contributed by atoms with Gasteiger partial charge in [-0.3, -0.25) is 4.79 Å². The predicted octanol–water partition coefficient (Wildman–Crippen LogP) is 1.94. The van der Waals surface area contributed by atoms with Crippen molar-refractivity contribution >= 4 is 5.91 Å². The molecule has 1 heterocycles. The lowest BCUT2D eigenvalue weighted by Gasteiger charge is -2.46. The zero-order valence-electron chi connectivity index (χ0n) is 19.3. The van der Waals surface area contributed by atoms with Crippen LogP contribution in [-0.2, 0) is 37.0 Å². The maximum Gasteiger partial charge on any atom is 0.217 e. The van der Waals surface area contributed by atoms with E-state index in [-0.39, 0.29) is 32.3 Å². The molecule has 2 aromatic carbocycles. The molecule has 3 rings (SSSR count). The van der Waals surface area contributed by atoms with Crippen molar-refractivity contribution in [1.29, 1.82) is 0 Å². The molecule has 34 heavy (non-hydrogen) atoms. The monoisotopic (exact) mass is 471 g/mol. The fourth-order valence-corrected chi connectivity index (χ4v) is 3.86. The van der Waals surface area contributed by atoms with Crippen LogP contribution >= 0.6 is 0 Å². The fourth-order valence-electron chi connectivity index (χ4n) is 3.86.